The Kier molecular flexibility index (Phi) is 5.09. The van der Waals surface area contributed by atoms with Crippen LogP contribution in [0.3, 0.4) is 0 Å². The molecule has 0 aliphatic carbocycles. The Morgan fingerprint density at radius 3 is 2.38 bits per heavy atom. The molecule has 0 aliphatic heterocycles. The molecule has 3 nitrogen and oxygen atoms in total. The first-order chi connectivity index (χ1) is 10.1. The van der Waals surface area contributed by atoms with Crippen molar-refractivity contribution in [2.24, 2.45) is 5.73 Å². The van der Waals surface area contributed by atoms with E-state index in [-0.39, 0.29) is 0 Å². The average molecular weight is 318 g/mol. The highest BCUT2D eigenvalue weighted by atomic mass is 32.2. The van der Waals surface area contributed by atoms with Gasteiger partial charge in [-0.25, -0.2) is 0 Å². The van der Waals surface area contributed by atoms with Crippen molar-refractivity contribution in [2.75, 3.05) is 25.3 Å². The molecule has 0 amide bonds. The predicted octanol–water partition coefficient (Wildman–Crippen LogP) is 3.82. The number of methoxy groups -OCH3 is 1. The van der Waals surface area contributed by atoms with Crippen LogP contribution in [0, 0.1) is 0 Å². The summed E-state index contributed by atoms with van der Waals surface area (Å²) >= 11 is 6.87. The smallest absolute Gasteiger partial charge is 0.119 e. The van der Waals surface area contributed by atoms with Gasteiger partial charge in [-0.3, -0.25) is 0 Å². The molecule has 0 heterocycles. The van der Waals surface area contributed by atoms with Crippen molar-refractivity contribution < 1.29 is 4.74 Å². The maximum Gasteiger partial charge on any atom is 0.119 e. The Morgan fingerprint density at radius 1 is 1.19 bits per heavy atom. The van der Waals surface area contributed by atoms with Gasteiger partial charge in [0.05, 0.1) is 12.8 Å². The van der Waals surface area contributed by atoms with Gasteiger partial charge in [-0.2, -0.15) is 0 Å². The van der Waals surface area contributed by atoms with Gasteiger partial charge < -0.3 is 15.4 Å². The van der Waals surface area contributed by atoms with Crippen LogP contribution >= 0.6 is 24.0 Å². The second kappa shape index (κ2) is 6.83. The molecule has 21 heavy (non-hydrogen) atoms. The summed E-state index contributed by atoms with van der Waals surface area (Å²) in [5.74, 6) is 0.833. The number of hydrogen-bond acceptors (Lipinski definition) is 4. The minimum atomic E-state index is 0.412. The lowest BCUT2D eigenvalue weighted by molar-refractivity contribution is 0.415. The molecule has 2 aromatic carbocycles. The van der Waals surface area contributed by atoms with E-state index in [1.54, 1.807) is 18.9 Å². The van der Waals surface area contributed by atoms with Gasteiger partial charge in [0, 0.05) is 23.2 Å². The molecule has 2 rings (SSSR count). The number of hydrogen-bond donors (Lipinski definition) is 1. The van der Waals surface area contributed by atoms with Crippen molar-refractivity contribution in [3.63, 3.8) is 0 Å². The Balaban J connectivity index is 2.46. The molecule has 2 N–H and O–H groups in total. The Hall–Kier alpha value is -1.72. The summed E-state index contributed by atoms with van der Waals surface area (Å²) < 4.78 is 5.19. The summed E-state index contributed by atoms with van der Waals surface area (Å²) in [5.41, 5.74) is 8.89. The summed E-state index contributed by atoms with van der Waals surface area (Å²) in [7, 11) is 3.66. The average Bonchev–Trinajstić information content (AvgIpc) is 2.53. The van der Waals surface area contributed by atoms with Gasteiger partial charge in [0.2, 0.25) is 0 Å². The molecule has 0 bridgehead atoms. The molecule has 0 aromatic heterocycles. The van der Waals surface area contributed by atoms with Crippen LogP contribution in [0.1, 0.15) is 5.56 Å². The first-order valence-electron chi connectivity index (χ1n) is 6.43. The summed E-state index contributed by atoms with van der Waals surface area (Å²) in [6.07, 6.45) is 2.02. The third-order valence-corrected chi connectivity index (χ3v) is 4.28. The minimum absolute atomic E-state index is 0.412. The standard InChI is InChI=1S/C16H18N2OS2/c1-18(11-7-9-12(19-2)10-8-11)13-5-4-6-14(21-3)15(13)16(17)20/h4-10H,1-3H3,(H2,17,20). The van der Waals surface area contributed by atoms with Gasteiger partial charge in [0.15, 0.2) is 0 Å². The molecule has 0 saturated carbocycles. The molecule has 110 valence electrons. The first-order valence-corrected chi connectivity index (χ1v) is 8.06. The fourth-order valence-corrected chi connectivity index (χ4v) is 3.07. The van der Waals surface area contributed by atoms with Crippen molar-refractivity contribution in [3.05, 3.63) is 48.0 Å². The van der Waals surface area contributed by atoms with Crippen LogP contribution in [-0.4, -0.2) is 25.4 Å². The zero-order chi connectivity index (χ0) is 15.4. The van der Waals surface area contributed by atoms with E-state index in [0.717, 1.165) is 27.6 Å². The van der Waals surface area contributed by atoms with Crippen molar-refractivity contribution >= 4 is 40.3 Å². The zero-order valence-corrected chi connectivity index (χ0v) is 13.9. The summed E-state index contributed by atoms with van der Waals surface area (Å²) in [6.45, 7) is 0. The Labute approximate surface area is 135 Å². The molecule has 0 spiro atoms. The molecule has 0 fully saturated rings. The molecule has 0 radical (unpaired) electrons. The minimum Gasteiger partial charge on any atom is -0.497 e. The zero-order valence-electron chi connectivity index (χ0n) is 12.3. The van der Waals surface area contributed by atoms with Gasteiger partial charge in [0.1, 0.15) is 10.7 Å². The van der Waals surface area contributed by atoms with Gasteiger partial charge in [-0.15, -0.1) is 11.8 Å². The van der Waals surface area contributed by atoms with Crippen LogP contribution in [0.2, 0.25) is 0 Å². The van der Waals surface area contributed by atoms with E-state index in [0.29, 0.717) is 4.99 Å². The van der Waals surface area contributed by atoms with Crippen molar-refractivity contribution in [1.82, 2.24) is 0 Å². The number of nitrogens with two attached hydrogens (primary N) is 1. The lowest BCUT2D eigenvalue weighted by Gasteiger charge is -2.24. The van der Waals surface area contributed by atoms with Gasteiger partial charge in [-0.05, 0) is 42.7 Å². The maximum absolute atomic E-state index is 5.92. The normalized spacial score (nSPS) is 10.2. The van der Waals surface area contributed by atoms with Crippen LogP contribution in [0.5, 0.6) is 5.75 Å². The third-order valence-electron chi connectivity index (χ3n) is 3.29. The summed E-state index contributed by atoms with van der Waals surface area (Å²) in [6, 6.07) is 14.0. The topological polar surface area (TPSA) is 38.5 Å². The number of anilines is 2. The molecule has 0 aliphatic rings. The molecule has 0 unspecified atom stereocenters. The van der Waals surface area contributed by atoms with Gasteiger partial charge >= 0.3 is 0 Å². The molecule has 5 heteroatoms. The van der Waals surface area contributed by atoms with E-state index >= 15 is 0 Å². The molecule has 0 atom stereocenters. The molecular weight excluding hydrogens is 300 g/mol. The van der Waals surface area contributed by atoms with Crippen molar-refractivity contribution in [2.45, 2.75) is 4.90 Å². The van der Waals surface area contributed by atoms with Crippen LogP contribution in [-0.2, 0) is 0 Å². The lowest BCUT2D eigenvalue weighted by Crippen LogP contribution is -2.18. The largest absolute Gasteiger partial charge is 0.497 e. The van der Waals surface area contributed by atoms with Gasteiger partial charge in [-0.1, -0.05) is 18.3 Å². The monoisotopic (exact) mass is 318 g/mol. The van der Waals surface area contributed by atoms with E-state index in [9.17, 15) is 0 Å². The Morgan fingerprint density at radius 2 is 1.86 bits per heavy atom. The number of rotatable bonds is 5. The van der Waals surface area contributed by atoms with E-state index < -0.39 is 0 Å². The van der Waals surface area contributed by atoms with E-state index in [1.165, 1.54) is 0 Å². The van der Waals surface area contributed by atoms with Gasteiger partial charge in [0.25, 0.3) is 0 Å². The van der Waals surface area contributed by atoms with Crippen molar-refractivity contribution in [1.29, 1.82) is 0 Å². The number of thioether (sulfide) groups is 1. The lowest BCUT2D eigenvalue weighted by atomic mass is 10.1. The highest BCUT2D eigenvalue weighted by molar-refractivity contribution is 7.98. The van der Waals surface area contributed by atoms with E-state index in [1.807, 2.05) is 55.8 Å². The number of benzene rings is 2. The molecule has 2 aromatic rings. The fraction of sp³-hybridized carbons (Fsp3) is 0.188. The quantitative estimate of drug-likeness (QED) is 0.670. The Bertz CT molecular complexity index is 641. The number of nitrogens with zero attached hydrogens (tertiary/aromatic N) is 1. The van der Waals surface area contributed by atoms with Crippen LogP contribution in [0.25, 0.3) is 0 Å². The summed E-state index contributed by atoms with van der Waals surface area (Å²) in [5, 5.41) is 0. The second-order valence-electron chi connectivity index (χ2n) is 4.48. The maximum atomic E-state index is 5.92. The number of thiocarbonyl (C=S) groups is 1. The van der Waals surface area contributed by atoms with Crippen molar-refractivity contribution in [3.8, 4) is 5.75 Å². The third kappa shape index (κ3) is 3.31. The highest BCUT2D eigenvalue weighted by Gasteiger charge is 2.15. The predicted molar refractivity (Wildman–Crippen MR) is 95.2 cm³/mol. The molecule has 0 saturated heterocycles. The van der Waals surface area contributed by atoms with Crippen LogP contribution in [0.4, 0.5) is 11.4 Å². The van der Waals surface area contributed by atoms with E-state index in [4.69, 9.17) is 22.7 Å². The fourth-order valence-electron chi connectivity index (χ4n) is 2.16. The van der Waals surface area contributed by atoms with E-state index in [2.05, 4.69) is 4.90 Å². The molecular formula is C16H18N2OS2. The first kappa shape index (κ1) is 15.7. The summed E-state index contributed by atoms with van der Waals surface area (Å²) in [4.78, 5) is 3.57. The number of ether oxygens (including phenoxy) is 1. The SMILES string of the molecule is COc1ccc(N(C)c2cccc(SC)c2C(N)=S)cc1. The second-order valence-corrected chi connectivity index (χ2v) is 5.76. The van der Waals surface area contributed by atoms with Crippen LogP contribution in [0.15, 0.2) is 47.4 Å². The highest BCUT2D eigenvalue weighted by Crippen LogP contribution is 2.33. The van der Waals surface area contributed by atoms with Crippen LogP contribution < -0.4 is 15.4 Å².